The summed E-state index contributed by atoms with van der Waals surface area (Å²) >= 11 is 6.35. The SMILES string of the molecule is CCN1CCN(C(c2cccc(Cl)c2)c2c(O)cc(C)n(Cc3ccc(OC)cc3)c2=O)CC1. The lowest BCUT2D eigenvalue weighted by Crippen LogP contribution is -2.48. The maximum Gasteiger partial charge on any atom is 0.259 e. The number of aromatic hydroxyl groups is 1. The van der Waals surface area contributed by atoms with Gasteiger partial charge in [-0.2, -0.15) is 0 Å². The molecule has 180 valence electrons. The molecule has 1 aliphatic rings. The second kappa shape index (κ2) is 10.6. The molecule has 0 aliphatic carbocycles. The van der Waals surface area contributed by atoms with Crippen LogP contribution in [0, 0.1) is 6.92 Å². The summed E-state index contributed by atoms with van der Waals surface area (Å²) in [6.45, 7) is 8.86. The van der Waals surface area contributed by atoms with Crippen LogP contribution in [-0.4, -0.2) is 59.3 Å². The van der Waals surface area contributed by atoms with Crippen molar-refractivity contribution < 1.29 is 9.84 Å². The Hall–Kier alpha value is -2.80. The Morgan fingerprint density at radius 1 is 1.06 bits per heavy atom. The van der Waals surface area contributed by atoms with E-state index < -0.39 is 0 Å². The molecule has 1 unspecified atom stereocenters. The van der Waals surface area contributed by atoms with Gasteiger partial charge in [0.1, 0.15) is 11.5 Å². The summed E-state index contributed by atoms with van der Waals surface area (Å²) in [5.74, 6) is 0.794. The minimum absolute atomic E-state index is 0.0244. The van der Waals surface area contributed by atoms with Gasteiger partial charge in [0.15, 0.2) is 0 Å². The summed E-state index contributed by atoms with van der Waals surface area (Å²) in [4.78, 5) is 18.6. The Morgan fingerprint density at radius 3 is 2.38 bits per heavy atom. The van der Waals surface area contributed by atoms with Crippen LogP contribution in [0.15, 0.2) is 59.4 Å². The Balaban J connectivity index is 1.79. The highest BCUT2D eigenvalue weighted by Gasteiger charge is 2.31. The molecule has 1 aliphatic heterocycles. The maximum atomic E-state index is 13.9. The van der Waals surface area contributed by atoms with Crippen molar-refractivity contribution in [1.82, 2.24) is 14.4 Å². The Bertz CT molecular complexity index is 1180. The first-order valence-corrected chi connectivity index (χ1v) is 12.1. The molecule has 0 radical (unpaired) electrons. The molecule has 34 heavy (non-hydrogen) atoms. The predicted molar refractivity (Wildman–Crippen MR) is 136 cm³/mol. The molecule has 4 rings (SSSR count). The highest BCUT2D eigenvalue weighted by molar-refractivity contribution is 6.30. The number of methoxy groups -OCH3 is 1. The number of piperazine rings is 1. The van der Waals surface area contributed by atoms with Gasteiger partial charge in [0, 0.05) is 36.9 Å². The Morgan fingerprint density at radius 2 is 1.76 bits per heavy atom. The second-order valence-corrected chi connectivity index (χ2v) is 9.19. The molecule has 0 spiro atoms. The molecule has 1 atom stereocenters. The number of hydrogen-bond donors (Lipinski definition) is 1. The summed E-state index contributed by atoms with van der Waals surface area (Å²) in [6, 6.07) is 16.6. The quantitative estimate of drug-likeness (QED) is 0.545. The van der Waals surface area contributed by atoms with E-state index in [4.69, 9.17) is 16.3 Å². The molecular weight excluding hydrogens is 450 g/mol. The van der Waals surface area contributed by atoms with Crippen LogP contribution >= 0.6 is 11.6 Å². The lowest BCUT2D eigenvalue weighted by molar-refractivity contribution is 0.111. The van der Waals surface area contributed by atoms with E-state index in [1.807, 2.05) is 55.5 Å². The van der Waals surface area contributed by atoms with Gasteiger partial charge in [-0.15, -0.1) is 0 Å². The number of rotatable bonds is 7. The summed E-state index contributed by atoms with van der Waals surface area (Å²) in [5, 5.41) is 11.7. The van der Waals surface area contributed by atoms with Crippen LogP contribution in [0.25, 0.3) is 0 Å². The lowest BCUT2D eigenvalue weighted by Gasteiger charge is -2.39. The number of ether oxygens (including phenoxy) is 1. The number of pyridine rings is 1. The molecule has 3 aromatic rings. The molecule has 1 N–H and O–H groups in total. The first-order valence-electron chi connectivity index (χ1n) is 11.7. The summed E-state index contributed by atoms with van der Waals surface area (Å²) in [7, 11) is 1.63. The van der Waals surface area contributed by atoms with E-state index in [1.54, 1.807) is 17.7 Å². The van der Waals surface area contributed by atoms with E-state index in [0.717, 1.165) is 49.6 Å². The van der Waals surface area contributed by atoms with Crippen LogP contribution in [0.5, 0.6) is 11.5 Å². The average molecular weight is 482 g/mol. The zero-order valence-corrected chi connectivity index (χ0v) is 20.8. The fourth-order valence-electron chi connectivity index (χ4n) is 4.71. The largest absolute Gasteiger partial charge is 0.507 e. The maximum absolute atomic E-state index is 13.9. The lowest BCUT2D eigenvalue weighted by atomic mass is 9.96. The number of likely N-dealkylation sites (N-methyl/N-ethyl adjacent to an activating group) is 1. The van der Waals surface area contributed by atoms with Crippen molar-refractivity contribution in [2.75, 3.05) is 39.8 Å². The zero-order valence-electron chi connectivity index (χ0n) is 20.0. The first-order chi connectivity index (χ1) is 16.4. The van der Waals surface area contributed by atoms with Gasteiger partial charge in [0.25, 0.3) is 5.56 Å². The standard InChI is InChI=1S/C27H32ClN3O3/c1-4-29-12-14-30(15-13-29)26(21-6-5-7-22(28)17-21)25-24(32)16-19(2)31(27(25)33)18-20-8-10-23(34-3)11-9-20/h5-11,16-17,26,32H,4,12-15,18H2,1-3H3. The summed E-state index contributed by atoms with van der Waals surface area (Å²) in [6.07, 6.45) is 0. The summed E-state index contributed by atoms with van der Waals surface area (Å²) in [5.41, 5.74) is 2.81. The fourth-order valence-corrected chi connectivity index (χ4v) is 4.91. The van der Waals surface area contributed by atoms with E-state index >= 15 is 0 Å². The zero-order chi connectivity index (χ0) is 24.2. The van der Waals surface area contributed by atoms with E-state index in [1.165, 1.54) is 0 Å². The number of aryl methyl sites for hydroxylation is 1. The molecule has 2 aromatic carbocycles. The molecule has 1 fully saturated rings. The monoisotopic (exact) mass is 481 g/mol. The molecule has 1 aromatic heterocycles. The number of hydrogen-bond acceptors (Lipinski definition) is 5. The number of nitrogens with zero attached hydrogens (tertiary/aromatic N) is 3. The van der Waals surface area contributed by atoms with E-state index in [9.17, 15) is 9.90 Å². The van der Waals surface area contributed by atoms with Gasteiger partial charge < -0.3 is 19.3 Å². The third kappa shape index (κ3) is 5.14. The smallest absolute Gasteiger partial charge is 0.259 e. The minimum Gasteiger partial charge on any atom is -0.507 e. The third-order valence-corrected chi connectivity index (χ3v) is 6.91. The number of halogens is 1. The molecule has 2 heterocycles. The Labute approximate surface area is 206 Å². The number of aromatic nitrogens is 1. The van der Waals surface area contributed by atoms with Gasteiger partial charge in [-0.25, -0.2) is 0 Å². The van der Waals surface area contributed by atoms with Crippen LogP contribution in [-0.2, 0) is 6.54 Å². The minimum atomic E-state index is -0.382. The van der Waals surface area contributed by atoms with E-state index in [-0.39, 0.29) is 17.4 Å². The van der Waals surface area contributed by atoms with E-state index in [2.05, 4.69) is 16.7 Å². The molecule has 1 saturated heterocycles. The van der Waals surface area contributed by atoms with Crippen molar-refractivity contribution in [3.05, 3.63) is 92.4 Å². The first kappa shape index (κ1) is 24.3. The fraction of sp³-hybridized carbons (Fsp3) is 0.370. The molecule has 0 saturated carbocycles. The van der Waals surface area contributed by atoms with Crippen LogP contribution in [0.4, 0.5) is 0 Å². The molecule has 0 bridgehead atoms. The van der Waals surface area contributed by atoms with Crippen molar-refractivity contribution in [1.29, 1.82) is 0 Å². The van der Waals surface area contributed by atoms with Gasteiger partial charge >= 0.3 is 0 Å². The van der Waals surface area contributed by atoms with Crippen LogP contribution in [0.1, 0.15) is 35.3 Å². The molecule has 0 amide bonds. The van der Waals surface area contributed by atoms with Gasteiger partial charge in [0.05, 0.1) is 25.3 Å². The summed E-state index contributed by atoms with van der Waals surface area (Å²) < 4.78 is 6.99. The van der Waals surface area contributed by atoms with Gasteiger partial charge in [0.2, 0.25) is 0 Å². The third-order valence-electron chi connectivity index (χ3n) is 6.68. The van der Waals surface area contributed by atoms with Crippen molar-refractivity contribution >= 4 is 11.6 Å². The van der Waals surface area contributed by atoms with Crippen LogP contribution in [0.3, 0.4) is 0 Å². The van der Waals surface area contributed by atoms with Gasteiger partial charge in [-0.05, 0) is 54.9 Å². The predicted octanol–water partition coefficient (Wildman–Crippen LogP) is 4.30. The average Bonchev–Trinajstić information content (AvgIpc) is 2.85. The van der Waals surface area contributed by atoms with Crippen LogP contribution in [0.2, 0.25) is 5.02 Å². The molecule has 6 nitrogen and oxygen atoms in total. The van der Waals surface area contributed by atoms with Crippen molar-refractivity contribution in [2.24, 2.45) is 0 Å². The second-order valence-electron chi connectivity index (χ2n) is 8.75. The topological polar surface area (TPSA) is 57.9 Å². The highest BCUT2D eigenvalue weighted by Crippen LogP contribution is 2.34. The van der Waals surface area contributed by atoms with E-state index in [0.29, 0.717) is 22.8 Å². The van der Waals surface area contributed by atoms with Gasteiger partial charge in [-0.1, -0.05) is 42.8 Å². The number of benzene rings is 2. The van der Waals surface area contributed by atoms with Crippen molar-refractivity contribution in [3.8, 4) is 11.5 Å². The van der Waals surface area contributed by atoms with Gasteiger partial charge in [-0.3, -0.25) is 9.69 Å². The molecular formula is C27H32ClN3O3. The highest BCUT2D eigenvalue weighted by atomic mass is 35.5. The van der Waals surface area contributed by atoms with Crippen molar-refractivity contribution in [3.63, 3.8) is 0 Å². The normalized spacial score (nSPS) is 15.9. The van der Waals surface area contributed by atoms with Crippen LogP contribution < -0.4 is 10.3 Å². The molecule has 7 heteroatoms. The Kier molecular flexibility index (Phi) is 7.61. The van der Waals surface area contributed by atoms with Crippen molar-refractivity contribution in [2.45, 2.75) is 26.4 Å².